The number of piperidine rings is 3. The van der Waals surface area contributed by atoms with Gasteiger partial charge in [-0.2, -0.15) is 0 Å². The molecule has 0 aliphatic carbocycles. The molecule has 0 unspecified atom stereocenters. The summed E-state index contributed by atoms with van der Waals surface area (Å²) in [5, 5.41) is 0. The average Bonchev–Trinajstić information content (AvgIpc) is 2.67. The molecular weight excluding hydrogens is 370 g/mol. The van der Waals surface area contributed by atoms with Crippen molar-refractivity contribution in [2.24, 2.45) is 17.8 Å². The van der Waals surface area contributed by atoms with Crippen molar-refractivity contribution >= 4 is 15.7 Å². The van der Waals surface area contributed by atoms with E-state index < -0.39 is 9.84 Å². The highest BCUT2D eigenvalue weighted by Crippen LogP contribution is 2.43. The molecule has 0 radical (unpaired) electrons. The first kappa shape index (κ1) is 20.1. The van der Waals surface area contributed by atoms with Crippen LogP contribution in [0.15, 0.2) is 23.2 Å². The van der Waals surface area contributed by atoms with Gasteiger partial charge >= 0.3 is 0 Å². The quantitative estimate of drug-likeness (QED) is 0.749. The second kappa shape index (κ2) is 7.94. The van der Waals surface area contributed by atoms with E-state index in [4.69, 9.17) is 0 Å². The summed E-state index contributed by atoms with van der Waals surface area (Å²) in [5.74, 6) is 3.11. The van der Waals surface area contributed by atoms with Crippen molar-refractivity contribution in [3.05, 3.63) is 18.3 Å². The van der Waals surface area contributed by atoms with E-state index in [1.54, 1.807) is 6.07 Å². The standard InChI is InChI=1S/C22H35N3O2S/c1-16(2)7-9-21-18-12-17(20-6-4-5-11-25(20)21)14-24(15-18)22-10-8-19(13-23-22)28(3,26)27/h8,10,13,16-18,20-21H,4-7,9,11-12,14-15H2,1-3H3/t17-,18+,20+,21+/m1/s1. The monoisotopic (exact) mass is 405 g/mol. The lowest BCUT2D eigenvalue weighted by molar-refractivity contribution is -0.0369. The lowest BCUT2D eigenvalue weighted by atomic mass is 9.71. The third-order valence-electron chi connectivity index (χ3n) is 7.13. The Morgan fingerprint density at radius 1 is 1.18 bits per heavy atom. The van der Waals surface area contributed by atoms with Gasteiger partial charge in [-0.3, -0.25) is 4.90 Å². The summed E-state index contributed by atoms with van der Waals surface area (Å²) in [6.07, 6.45) is 10.8. The van der Waals surface area contributed by atoms with Crippen LogP contribution in [0.2, 0.25) is 0 Å². The molecule has 156 valence electrons. The molecule has 4 rings (SSSR count). The maximum Gasteiger partial charge on any atom is 0.177 e. The summed E-state index contributed by atoms with van der Waals surface area (Å²) in [6.45, 7) is 8.05. The topological polar surface area (TPSA) is 53.5 Å². The van der Waals surface area contributed by atoms with Crippen molar-refractivity contribution in [3.63, 3.8) is 0 Å². The highest BCUT2D eigenvalue weighted by Gasteiger charge is 2.47. The molecule has 3 fully saturated rings. The van der Waals surface area contributed by atoms with Crippen LogP contribution < -0.4 is 4.90 Å². The van der Waals surface area contributed by atoms with E-state index in [9.17, 15) is 8.42 Å². The van der Waals surface area contributed by atoms with Crippen LogP contribution in [0.25, 0.3) is 0 Å². The van der Waals surface area contributed by atoms with Gasteiger partial charge in [0.2, 0.25) is 0 Å². The van der Waals surface area contributed by atoms with Crippen LogP contribution in [0.5, 0.6) is 0 Å². The van der Waals surface area contributed by atoms with Crippen LogP contribution in [-0.2, 0) is 9.84 Å². The van der Waals surface area contributed by atoms with Gasteiger partial charge < -0.3 is 4.90 Å². The molecule has 0 saturated carbocycles. The number of hydrogen-bond donors (Lipinski definition) is 0. The van der Waals surface area contributed by atoms with Crippen molar-refractivity contribution in [1.82, 2.24) is 9.88 Å². The molecule has 3 aliphatic rings. The molecule has 3 aliphatic heterocycles. The molecule has 2 bridgehead atoms. The molecule has 1 aromatic heterocycles. The zero-order valence-electron chi connectivity index (χ0n) is 17.5. The lowest BCUT2D eigenvalue weighted by Gasteiger charge is -2.57. The number of fused-ring (bicyclic) bond motifs is 4. The summed E-state index contributed by atoms with van der Waals surface area (Å²) in [5.41, 5.74) is 0. The van der Waals surface area contributed by atoms with Gasteiger partial charge in [-0.05, 0) is 68.5 Å². The predicted octanol–water partition coefficient (Wildman–Crippen LogP) is 3.60. The fourth-order valence-electron chi connectivity index (χ4n) is 5.78. The van der Waals surface area contributed by atoms with Gasteiger partial charge in [-0.25, -0.2) is 13.4 Å². The molecule has 4 atom stereocenters. The van der Waals surface area contributed by atoms with E-state index >= 15 is 0 Å². The number of rotatable bonds is 5. The Hall–Kier alpha value is -1.14. The van der Waals surface area contributed by atoms with E-state index in [1.807, 2.05) is 6.07 Å². The third-order valence-corrected chi connectivity index (χ3v) is 8.23. The summed E-state index contributed by atoms with van der Waals surface area (Å²) >= 11 is 0. The highest BCUT2D eigenvalue weighted by molar-refractivity contribution is 7.90. The van der Waals surface area contributed by atoms with E-state index in [2.05, 4.69) is 28.6 Å². The van der Waals surface area contributed by atoms with Crippen molar-refractivity contribution in [3.8, 4) is 0 Å². The highest BCUT2D eigenvalue weighted by atomic mass is 32.2. The van der Waals surface area contributed by atoms with Crippen LogP contribution in [0.4, 0.5) is 5.82 Å². The van der Waals surface area contributed by atoms with E-state index in [0.717, 1.165) is 30.9 Å². The Balaban J connectivity index is 1.55. The van der Waals surface area contributed by atoms with Crippen molar-refractivity contribution in [2.45, 2.75) is 69.4 Å². The van der Waals surface area contributed by atoms with Gasteiger partial charge in [0.25, 0.3) is 0 Å². The molecular formula is C22H35N3O2S. The SMILES string of the molecule is CC(C)CC[C@H]1[C@H]2C[C@H](CN(c3ccc(S(C)(=O)=O)cn3)C2)[C@@H]2CCCCN21. The second-order valence-corrected chi connectivity index (χ2v) is 11.6. The molecule has 0 amide bonds. The predicted molar refractivity (Wildman–Crippen MR) is 113 cm³/mol. The maximum absolute atomic E-state index is 11.7. The number of hydrogen-bond acceptors (Lipinski definition) is 5. The van der Waals surface area contributed by atoms with E-state index in [0.29, 0.717) is 22.8 Å². The molecule has 0 spiro atoms. The van der Waals surface area contributed by atoms with Crippen LogP contribution in [-0.4, -0.2) is 56.3 Å². The number of sulfone groups is 1. The number of nitrogens with zero attached hydrogens (tertiary/aromatic N) is 3. The van der Waals surface area contributed by atoms with Gasteiger partial charge in [0.05, 0.1) is 4.90 Å². The largest absolute Gasteiger partial charge is 0.356 e. The van der Waals surface area contributed by atoms with Gasteiger partial charge in [0.1, 0.15) is 5.82 Å². The Bertz CT molecular complexity index is 777. The summed E-state index contributed by atoms with van der Waals surface area (Å²) in [4.78, 5) is 10.1. The fraction of sp³-hybridized carbons (Fsp3) is 0.773. The Morgan fingerprint density at radius 2 is 1.96 bits per heavy atom. The van der Waals surface area contributed by atoms with E-state index in [-0.39, 0.29) is 0 Å². The Labute approximate surface area is 170 Å². The number of anilines is 1. The van der Waals surface area contributed by atoms with Crippen LogP contribution >= 0.6 is 0 Å². The summed E-state index contributed by atoms with van der Waals surface area (Å²) in [6, 6.07) is 5.03. The minimum absolute atomic E-state index is 0.307. The van der Waals surface area contributed by atoms with Gasteiger partial charge in [-0.1, -0.05) is 20.3 Å². The van der Waals surface area contributed by atoms with E-state index in [1.165, 1.54) is 57.5 Å². The Kier molecular flexibility index (Phi) is 5.71. The normalized spacial score (nSPS) is 31.1. The zero-order chi connectivity index (χ0) is 19.9. The number of pyridine rings is 1. The molecule has 0 aromatic carbocycles. The second-order valence-electron chi connectivity index (χ2n) is 9.62. The molecule has 3 saturated heterocycles. The van der Waals surface area contributed by atoms with Gasteiger partial charge in [-0.15, -0.1) is 0 Å². The molecule has 5 nitrogen and oxygen atoms in total. The first-order valence-corrected chi connectivity index (χ1v) is 12.9. The molecule has 1 aromatic rings. The van der Waals surface area contributed by atoms with Gasteiger partial charge in [0.15, 0.2) is 9.84 Å². The van der Waals surface area contributed by atoms with Crippen molar-refractivity contribution in [1.29, 1.82) is 0 Å². The van der Waals surface area contributed by atoms with Crippen molar-refractivity contribution < 1.29 is 8.42 Å². The number of aromatic nitrogens is 1. The lowest BCUT2D eigenvalue weighted by Crippen LogP contribution is -2.63. The van der Waals surface area contributed by atoms with Crippen LogP contribution in [0.3, 0.4) is 0 Å². The average molecular weight is 406 g/mol. The van der Waals surface area contributed by atoms with Gasteiger partial charge in [0, 0.05) is 37.6 Å². The van der Waals surface area contributed by atoms with Crippen LogP contribution in [0.1, 0.15) is 52.4 Å². The molecule has 0 N–H and O–H groups in total. The first-order valence-electron chi connectivity index (χ1n) is 11.0. The van der Waals surface area contributed by atoms with Crippen LogP contribution in [0, 0.1) is 17.8 Å². The molecule has 28 heavy (non-hydrogen) atoms. The molecule has 4 heterocycles. The zero-order valence-corrected chi connectivity index (χ0v) is 18.4. The molecule has 6 heteroatoms. The minimum Gasteiger partial charge on any atom is -0.356 e. The third kappa shape index (κ3) is 4.09. The smallest absolute Gasteiger partial charge is 0.177 e. The first-order chi connectivity index (χ1) is 13.3. The van der Waals surface area contributed by atoms with Crippen molar-refractivity contribution in [2.75, 3.05) is 30.8 Å². The summed E-state index contributed by atoms with van der Waals surface area (Å²) in [7, 11) is -3.19. The Morgan fingerprint density at radius 3 is 2.64 bits per heavy atom. The minimum atomic E-state index is -3.19. The maximum atomic E-state index is 11.7. The fourth-order valence-corrected chi connectivity index (χ4v) is 6.34. The summed E-state index contributed by atoms with van der Waals surface area (Å²) < 4.78 is 23.5.